The van der Waals surface area contributed by atoms with E-state index in [0.717, 1.165) is 37.2 Å². The second kappa shape index (κ2) is 7.29. The first-order chi connectivity index (χ1) is 11.3. The van der Waals surface area contributed by atoms with E-state index in [9.17, 15) is 4.79 Å². The van der Waals surface area contributed by atoms with Gasteiger partial charge in [0.25, 0.3) is 0 Å². The third-order valence-corrected chi connectivity index (χ3v) is 4.07. The topological polar surface area (TPSA) is 47.6 Å². The number of fused-ring (bicyclic) bond motifs is 1. The van der Waals surface area contributed by atoms with E-state index < -0.39 is 0 Å². The SMILES string of the molecule is COC(=O)c1ccc(COc2ccc3c(c2)CCCNC3)cc1. The number of methoxy groups -OCH3 is 1. The van der Waals surface area contributed by atoms with E-state index in [1.54, 1.807) is 12.1 Å². The Bertz CT molecular complexity index is 680. The first-order valence-electron chi connectivity index (χ1n) is 7.89. The van der Waals surface area contributed by atoms with Crippen molar-refractivity contribution in [1.29, 1.82) is 0 Å². The van der Waals surface area contributed by atoms with Crippen molar-refractivity contribution in [2.45, 2.75) is 26.0 Å². The Morgan fingerprint density at radius 2 is 1.96 bits per heavy atom. The van der Waals surface area contributed by atoms with Gasteiger partial charge in [-0.25, -0.2) is 4.79 Å². The van der Waals surface area contributed by atoms with Gasteiger partial charge in [0.2, 0.25) is 0 Å². The van der Waals surface area contributed by atoms with Crippen LogP contribution >= 0.6 is 0 Å². The monoisotopic (exact) mass is 311 g/mol. The van der Waals surface area contributed by atoms with Gasteiger partial charge < -0.3 is 14.8 Å². The molecule has 2 aromatic carbocycles. The highest BCUT2D eigenvalue weighted by Crippen LogP contribution is 2.22. The normalized spacial score (nSPS) is 13.8. The molecule has 120 valence electrons. The van der Waals surface area contributed by atoms with Crippen molar-refractivity contribution in [3.63, 3.8) is 0 Å². The fraction of sp³-hybridized carbons (Fsp3) is 0.316. The molecule has 0 amide bonds. The number of ether oxygens (including phenoxy) is 2. The molecule has 4 heteroatoms. The molecule has 1 aliphatic rings. The van der Waals surface area contributed by atoms with E-state index in [-0.39, 0.29) is 5.97 Å². The lowest BCUT2D eigenvalue weighted by atomic mass is 10.0. The minimum absolute atomic E-state index is 0.322. The van der Waals surface area contributed by atoms with Crippen molar-refractivity contribution < 1.29 is 14.3 Å². The van der Waals surface area contributed by atoms with Crippen LogP contribution in [0.3, 0.4) is 0 Å². The van der Waals surface area contributed by atoms with Crippen molar-refractivity contribution in [3.8, 4) is 5.75 Å². The first-order valence-corrected chi connectivity index (χ1v) is 7.89. The van der Waals surface area contributed by atoms with Gasteiger partial charge in [0.05, 0.1) is 12.7 Å². The van der Waals surface area contributed by atoms with Gasteiger partial charge in [-0.2, -0.15) is 0 Å². The standard InChI is InChI=1S/C19H21NO3/c1-22-19(21)15-6-4-14(5-7-15)13-23-18-9-8-17-12-20-10-2-3-16(17)11-18/h4-9,11,20H,2-3,10,12-13H2,1H3. The van der Waals surface area contributed by atoms with E-state index in [4.69, 9.17) is 9.47 Å². The van der Waals surface area contributed by atoms with Gasteiger partial charge in [-0.3, -0.25) is 0 Å². The number of nitrogens with one attached hydrogen (secondary N) is 1. The number of hydrogen-bond acceptors (Lipinski definition) is 4. The molecule has 0 fully saturated rings. The highest BCUT2D eigenvalue weighted by atomic mass is 16.5. The molecule has 0 saturated heterocycles. The molecule has 1 aliphatic heterocycles. The summed E-state index contributed by atoms with van der Waals surface area (Å²) >= 11 is 0. The van der Waals surface area contributed by atoms with Crippen LogP contribution in [0.5, 0.6) is 5.75 Å². The summed E-state index contributed by atoms with van der Waals surface area (Å²) in [7, 11) is 1.38. The van der Waals surface area contributed by atoms with Crippen LogP contribution in [0.1, 0.15) is 33.5 Å². The van der Waals surface area contributed by atoms with Gasteiger partial charge in [-0.1, -0.05) is 18.2 Å². The quantitative estimate of drug-likeness (QED) is 0.882. The highest BCUT2D eigenvalue weighted by Gasteiger charge is 2.09. The molecular weight excluding hydrogens is 290 g/mol. The largest absolute Gasteiger partial charge is 0.489 e. The summed E-state index contributed by atoms with van der Waals surface area (Å²) in [5.74, 6) is 0.569. The lowest BCUT2D eigenvalue weighted by Crippen LogP contribution is -2.11. The van der Waals surface area contributed by atoms with Gasteiger partial charge in [0, 0.05) is 6.54 Å². The fourth-order valence-electron chi connectivity index (χ4n) is 2.75. The number of esters is 1. The summed E-state index contributed by atoms with van der Waals surface area (Å²) in [5, 5.41) is 3.42. The first kappa shape index (κ1) is 15.6. The molecule has 3 rings (SSSR count). The van der Waals surface area contributed by atoms with Crippen LogP contribution < -0.4 is 10.1 Å². The Kier molecular flexibility index (Phi) is 4.93. The summed E-state index contributed by atoms with van der Waals surface area (Å²) in [6.45, 7) is 2.49. The number of benzene rings is 2. The van der Waals surface area contributed by atoms with E-state index >= 15 is 0 Å². The van der Waals surface area contributed by atoms with Crippen LogP contribution in [0.15, 0.2) is 42.5 Å². The number of aryl methyl sites for hydroxylation is 1. The molecule has 4 nitrogen and oxygen atoms in total. The second-order valence-electron chi connectivity index (χ2n) is 5.69. The lowest BCUT2D eigenvalue weighted by Gasteiger charge is -2.11. The highest BCUT2D eigenvalue weighted by molar-refractivity contribution is 5.89. The van der Waals surface area contributed by atoms with E-state index in [2.05, 4.69) is 17.4 Å². The molecule has 0 bridgehead atoms. The molecular formula is C19H21NO3. The Hall–Kier alpha value is -2.33. The van der Waals surface area contributed by atoms with Gasteiger partial charge >= 0.3 is 5.97 Å². The van der Waals surface area contributed by atoms with Crippen LogP contribution in [-0.4, -0.2) is 19.6 Å². The summed E-state index contributed by atoms with van der Waals surface area (Å²) in [5.41, 5.74) is 4.30. The van der Waals surface area contributed by atoms with Crippen molar-refractivity contribution in [2.75, 3.05) is 13.7 Å². The average Bonchev–Trinajstić information content (AvgIpc) is 2.84. The summed E-state index contributed by atoms with van der Waals surface area (Å²) in [4.78, 5) is 11.4. The minimum atomic E-state index is -0.322. The summed E-state index contributed by atoms with van der Waals surface area (Å²) < 4.78 is 10.6. The maximum absolute atomic E-state index is 11.4. The van der Waals surface area contributed by atoms with Crippen molar-refractivity contribution in [1.82, 2.24) is 5.32 Å². The van der Waals surface area contributed by atoms with Crippen molar-refractivity contribution >= 4 is 5.97 Å². The minimum Gasteiger partial charge on any atom is -0.489 e. The molecule has 0 aliphatic carbocycles. The predicted molar refractivity (Wildman–Crippen MR) is 88.6 cm³/mol. The lowest BCUT2D eigenvalue weighted by molar-refractivity contribution is 0.0600. The Morgan fingerprint density at radius 3 is 2.74 bits per heavy atom. The zero-order valence-electron chi connectivity index (χ0n) is 13.3. The van der Waals surface area contributed by atoms with Crippen molar-refractivity contribution in [3.05, 3.63) is 64.7 Å². The van der Waals surface area contributed by atoms with E-state index in [1.165, 1.54) is 18.2 Å². The molecule has 0 saturated carbocycles. The molecule has 1 N–H and O–H groups in total. The number of rotatable bonds is 4. The number of carbonyl (C=O) groups is 1. The second-order valence-corrected chi connectivity index (χ2v) is 5.69. The zero-order valence-corrected chi connectivity index (χ0v) is 13.3. The van der Waals surface area contributed by atoms with Crippen LogP contribution in [0.2, 0.25) is 0 Å². The van der Waals surface area contributed by atoms with E-state index in [1.807, 2.05) is 18.2 Å². The van der Waals surface area contributed by atoms with E-state index in [0.29, 0.717) is 12.2 Å². The summed E-state index contributed by atoms with van der Waals surface area (Å²) in [6.07, 6.45) is 2.25. The average molecular weight is 311 g/mol. The number of carbonyl (C=O) groups excluding carboxylic acids is 1. The van der Waals surface area contributed by atoms with Gasteiger partial charge in [-0.15, -0.1) is 0 Å². The van der Waals surface area contributed by atoms with Crippen LogP contribution in [-0.2, 0) is 24.3 Å². The molecule has 2 aromatic rings. The van der Waals surface area contributed by atoms with Gasteiger partial charge in [-0.05, 0) is 60.3 Å². The van der Waals surface area contributed by atoms with Crippen LogP contribution in [0.4, 0.5) is 0 Å². The van der Waals surface area contributed by atoms with Gasteiger partial charge in [0.1, 0.15) is 12.4 Å². The third-order valence-electron chi connectivity index (χ3n) is 4.07. The fourth-order valence-corrected chi connectivity index (χ4v) is 2.75. The molecule has 0 atom stereocenters. The maximum atomic E-state index is 11.4. The third kappa shape index (κ3) is 3.90. The molecule has 0 radical (unpaired) electrons. The molecule has 1 heterocycles. The summed E-state index contributed by atoms with van der Waals surface area (Å²) in [6, 6.07) is 13.6. The van der Waals surface area contributed by atoms with Gasteiger partial charge in [0.15, 0.2) is 0 Å². The Labute approximate surface area is 136 Å². The molecule has 0 unspecified atom stereocenters. The molecule has 23 heavy (non-hydrogen) atoms. The van der Waals surface area contributed by atoms with Crippen molar-refractivity contribution in [2.24, 2.45) is 0 Å². The predicted octanol–water partition coefficient (Wildman–Crippen LogP) is 3.09. The number of hydrogen-bond donors (Lipinski definition) is 1. The Morgan fingerprint density at radius 1 is 1.13 bits per heavy atom. The maximum Gasteiger partial charge on any atom is 0.337 e. The molecule has 0 aromatic heterocycles. The van der Waals surface area contributed by atoms with Crippen LogP contribution in [0, 0.1) is 0 Å². The van der Waals surface area contributed by atoms with Crippen LogP contribution in [0.25, 0.3) is 0 Å². The zero-order chi connectivity index (χ0) is 16.1. The smallest absolute Gasteiger partial charge is 0.337 e. The Balaban J connectivity index is 1.64. The molecule has 0 spiro atoms.